The number of nitrogens with one attached hydrogen (secondary N) is 1. The lowest BCUT2D eigenvalue weighted by molar-refractivity contribution is -0.134. The molecule has 1 N–H and O–H groups in total. The zero-order chi connectivity index (χ0) is 24.3. The van der Waals surface area contributed by atoms with E-state index in [0.29, 0.717) is 35.2 Å². The molecule has 3 aromatic rings. The van der Waals surface area contributed by atoms with E-state index >= 15 is 0 Å². The second-order valence-electron chi connectivity index (χ2n) is 8.32. The van der Waals surface area contributed by atoms with E-state index in [2.05, 4.69) is 12.2 Å². The maximum atomic E-state index is 13.0. The summed E-state index contributed by atoms with van der Waals surface area (Å²) in [5.41, 5.74) is 2.31. The van der Waals surface area contributed by atoms with Crippen LogP contribution in [0.15, 0.2) is 60.7 Å². The molecule has 0 unspecified atom stereocenters. The normalized spacial score (nSPS) is 10.8. The number of nitrogens with zero attached hydrogens (tertiary/aromatic N) is 3. The van der Waals surface area contributed by atoms with Crippen LogP contribution >= 0.6 is 11.6 Å². The zero-order valence-electron chi connectivity index (χ0n) is 20.0. The second kappa shape index (κ2) is 12.9. The van der Waals surface area contributed by atoms with Gasteiger partial charge in [0.25, 0.3) is 0 Å². The first-order valence-electron chi connectivity index (χ1n) is 12.0. The van der Waals surface area contributed by atoms with E-state index in [1.54, 1.807) is 15.6 Å². The molecule has 2 aromatic carbocycles. The number of anilines is 1. The maximum Gasteiger partial charge on any atom is 0.245 e. The van der Waals surface area contributed by atoms with Gasteiger partial charge in [-0.1, -0.05) is 87.2 Å². The quantitative estimate of drug-likeness (QED) is 0.307. The van der Waals surface area contributed by atoms with Crippen molar-refractivity contribution in [3.05, 3.63) is 65.7 Å². The molecule has 0 aliphatic carbocycles. The number of benzene rings is 2. The van der Waals surface area contributed by atoms with E-state index in [1.165, 1.54) is 0 Å². The van der Waals surface area contributed by atoms with Crippen molar-refractivity contribution in [1.82, 2.24) is 14.7 Å². The first-order chi connectivity index (χ1) is 16.5. The summed E-state index contributed by atoms with van der Waals surface area (Å²) in [5, 5.41) is 8.19. The number of hydrogen-bond donors (Lipinski definition) is 1. The van der Waals surface area contributed by atoms with Crippen LogP contribution in [-0.2, 0) is 9.59 Å². The fourth-order valence-electron chi connectivity index (χ4n) is 3.81. The van der Waals surface area contributed by atoms with Gasteiger partial charge in [-0.05, 0) is 25.0 Å². The predicted octanol–water partition coefficient (Wildman–Crippen LogP) is 6.34. The van der Waals surface area contributed by atoms with Crippen LogP contribution in [0.3, 0.4) is 0 Å². The van der Waals surface area contributed by atoms with Gasteiger partial charge >= 0.3 is 0 Å². The average Bonchev–Trinajstić information content (AvgIpc) is 3.25. The van der Waals surface area contributed by atoms with Crippen molar-refractivity contribution in [2.24, 2.45) is 0 Å². The number of unbranched alkanes of at least 4 members (excludes halogenated alkanes) is 3. The topological polar surface area (TPSA) is 67.2 Å². The van der Waals surface area contributed by atoms with Gasteiger partial charge < -0.3 is 10.2 Å². The molecule has 0 spiro atoms. The third kappa shape index (κ3) is 6.94. The maximum absolute atomic E-state index is 13.0. The van der Waals surface area contributed by atoms with Gasteiger partial charge in [0.05, 0.1) is 22.9 Å². The minimum absolute atomic E-state index is 0.00875. The number of carbonyl (C=O) groups is 2. The van der Waals surface area contributed by atoms with Crippen LogP contribution in [0.4, 0.5) is 5.82 Å². The smallest absolute Gasteiger partial charge is 0.245 e. The summed E-state index contributed by atoms with van der Waals surface area (Å²) >= 11 is 6.43. The van der Waals surface area contributed by atoms with Crippen LogP contribution < -0.4 is 5.32 Å². The van der Waals surface area contributed by atoms with Crippen molar-refractivity contribution in [2.45, 2.75) is 52.4 Å². The number of hydrogen-bond acceptors (Lipinski definition) is 3. The van der Waals surface area contributed by atoms with Crippen molar-refractivity contribution in [3.8, 4) is 16.9 Å². The molecule has 0 atom stereocenters. The Morgan fingerprint density at radius 1 is 0.971 bits per heavy atom. The highest BCUT2D eigenvalue weighted by atomic mass is 35.5. The van der Waals surface area contributed by atoms with Crippen LogP contribution in [0.1, 0.15) is 52.4 Å². The highest BCUT2D eigenvalue weighted by Crippen LogP contribution is 2.28. The predicted molar refractivity (Wildman–Crippen MR) is 138 cm³/mol. The van der Waals surface area contributed by atoms with Gasteiger partial charge in [-0.25, -0.2) is 4.68 Å². The molecule has 6 nitrogen and oxygen atoms in total. The Hall–Kier alpha value is -3.12. The molecule has 1 aromatic heterocycles. The zero-order valence-corrected chi connectivity index (χ0v) is 20.7. The van der Waals surface area contributed by atoms with E-state index in [9.17, 15) is 9.59 Å². The third-order valence-electron chi connectivity index (χ3n) is 5.55. The minimum atomic E-state index is -0.261. The number of halogens is 1. The molecule has 2 amide bonds. The molecule has 0 radical (unpaired) electrons. The molecule has 0 aliphatic heterocycles. The van der Waals surface area contributed by atoms with Crippen molar-refractivity contribution < 1.29 is 9.59 Å². The van der Waals surface area contributed by atoms with Crippen molar-refractivity contribution in [1.29, 1.82) is 0 Å². The number of rotatable bonds is 12. The number of carbonyl (C=O) groups excluding carboxylic acids is 2. The van der Waals surface area contributed by atoms with Gasteiger partial charge in [-0.2, -0.15) is 5.10 Å². The van der Waals surface area contributed by atoms with Crippen LogP contribution in [0.25, 0.3) is 16.9 Å². The standard InChI is InChI=1S/C27H33ClN4O2/c1-3-5-6-10-17-27(34)31(18-4-2)20-26(33)29-25-19-23(21-13-8-7-9-14-21)30-32(25)24-16-12-11-15-22(24)28/h7-9,11-16,19H,3-6,10,17-18,20H2,1-2H3,(H,29,33). The van der Waals surface area contributed by atoms with E-state index < -0.39 is 0 Å². The Labute approximate surface area is 206 Å². The molecule has 0 aliphatic rings. The molecule has 3 rings (SSSR count). The fourth-order valence-corrected chi connectivity index (χ4v) is 4.02. The highest BCUT2D eigenvalue weighted by molar-refractivity contribution is 6.32. The summed E-state index contributed by atoms with van der Waals surface area (Å²) in [6.07, 6.45) is 5.41. The number of amides is 2. The molecule has 7 heteroatoms. The molecule has 0 bridgehead atoms. The Kier molecular flexibility index (Phi) is 9.71. The Balaban J connectivity index is 1.80. The van der Waals surface area contributed by atoms with Crippen LogP contribution in [-0.4, -0.2) is 39.6 Å². The van der Waals surface area contributed by atoms with Gasteiger partial charge in [0.15, 0.2) is 0 Å². The highest BCUT2D eigenvalue weighted by Gasteiger charge is 2.19. The Bertz CT molecular complexity index is 1080. The molecule has 34 heavy (non-hydrogen) atoms. The van der Waals surface area contributed by atoms with Crippen molar-refractivity contribution in [3.63, 3.8) is 0 Å². The number of aromatic nitrogens is 2. The molecule has 0 fully saturated rings. The fraction of sp³-hybridized carbons (Fsp3) is 0.370. The van der Waals surface area contributed by atoms with Crippen LogP contribution in [0.2, 0.25) is 5.02 Å². The first kappa shape index (κ1) is 25.5. The first-order valence-corrected chi connectivity index (χ1v) is 12.4. The van der Waals surface area contributed by atoms with E-state index in [-0.39, 0.29) is 18.4 Å². The lowest BCUT2D eigenvalue weighted by Crippen LogP contribution is -2.38. The molecular weight excluding hydrogens is 448 g/mol. The SMILES string of the molecule is CCCCCCC(=O)N(CCC)CC(=O)Nc1cc(-c2ccccc2)nn1-c1ccccc1Cl. The molecular formula is C27H33ClN4O2. The molecule has 1 heterocycles. The van der Waals surface area contributed by atoms with E-state index in [4.69, 9.17) is 16.7 Å². The van der Waals surface area contributed by atoms with E-state index in [1.807, 2.05) is 61.5 Å². The lowest BCUT2D eigenvalue weighted by atomic mass is 10.1. The summed E-state index contributed by atoms with van der Waals surface area (Å²) in [5.74, 6) is 0.268. The molecule has 0 saturated heterocycles. The Morgan fingerprint density at radius 2 is 1.71 bits per heavy atom. The molecule has 0 saturated carbocycles. The summed E-state index contributed by atoms with van der Waals surface area (Å²) in [6, 6.07) is 18.9. The summed E-state index contributed by atoms with van der Waals surface area (Å²) < 4.78 is 1.64. The molecule has 180 valence electrons. The summed E-state index contributed by atoms with van der Waals surface area (Å²) in [4.78, 5) is 27.4. The van der Waals surface area contributed by atoms with Gasteiger partial charge in [0.1, 0.15) is 5.82 Å². The van der Waals surface area contributed by atoms with E-state index in [0.717, 1.165) is 37.7 Å². The lowest BCUT2D eigenvalue weighted by Gasteiger charge is -2.22. The van der Waals surface area contributed by atoms with Crippen molar-refractivity contribution >= 4 is 29.2 Å². The van der Waals surface area contributed by atoms with Crippen LogP contribution in [0, 0.1) is 0 Å². The summed E-state index contributed by atoms with van der Waals surface area (Å²) in [7, 11) is 0. The van der Waals surface area contributed by atoms with Gasteiger partial charge in [-0.15, -0.1) is 0 Å². The summed E-state index contributed by atoms with van der Waals surface area (Å²) in [6.45, 7) is 4.72. The third-order valence-corrected chi connectivity index (χ3v) is 5.87. The second-order valence-corrected chi connectivity index (χ2v) is 8.73. The average molecular weight is 481 g/mol. The number of para-hydroxylation sites is 1. The van der Waals surface area contributed by atoms with Gasteiger partial charge in [0, 0.05) is 24.6 Å². The Morgan fingerprint density at radius 3 is 2.41 bits per heavy atom. The van der Waals surface area contributed by atoms with Crippen molar-refractivity contribution in [2.75, 3.05) is 18.4 Å². The largest absolute Gasteiger partial charge is 0.333 e. The van der Waals surface area contributed by atoms with Crippen LogP contribution in [0.5, 0.6) is 0 Å². The monoisotopic (exact) mass is 480 g/mol. The van der Waals surface area contributed by atoms with Gasteiger partial charge in [0.2, 0.25) is 11.8 Å². The minimum Gasteiger partial charge on any atom is -0.333 e. The van der Waals surface area contributed by atoms with Gasteiger partial charge in [-0.3, -0.25) is 9.59 Å².